The molecule has 0 radical (unpaired) electrons. The van der Waals surface area contributed by atoms with Gasteiger partial charge in [0.05, 0.1) is 12.6 Å². The molecule has 0 spiro atoms. The molecule has 1 saturated heterocycles. The summed E-state index contributed by atoms with van der Waals surface area (Å²) in [5.74, 6) is -0.439. The van der Waals surface area contributed by atoms with Crippen molar-refractivity contribution >= 4 is 23.4 Å². The summed E-state index contributed by atoms with van der Waals surface area (Å²) in [6, 6.07) is 14.9. The zero-order valence-electron chi connectivity index (χ0n) is 16.9. The van der Waals surface area contributed by atoms with E-state index in [1.807, 2.05) is 38.1 Å². The summed E-state index contributed by atoms with van der Waals surface area (Å²) in [5.41, 5.74) is 3.47. The normalized spacial score (nSPS) is 14.6. The summed E-state index contributed by atoms with van der Waals surface area (Å²) in [5, 5.41) is 5.62. The quantitative estimate of drug-likeness (QED) is 0.759. The van der Waals surface area contributed by atoms with Gasteiger partial charge in [0, 0.05) is 24.2 Å². The summed E-state index contributed by atoms with van der Waals surface area (Å²) in [6.07, 6.45) is 2.19. The van der Waals surface area contributed by atoms with Crippen molar-refractivity contribution in [3.05, 3.63) is 65.2 Å². The van der Waals surface area contributed by atoms with E-state index in [2.05, 4.69) is 10.6 Å². The number of rotatable bonds is 7. The first-order valence-corrected chi connectivity index (χ1v) is 10.0. The second-order valence-corrected chi connectivity index (χ2v) is 7.32. The summed E-state index contributed by atoms with van der Waals surface area (Å²) in [7, 11) is 0. The van der Waals surface area contributed by atoms with Crippen LogP contribution in [0.3, 0.4) is 0 Å². The van der Waals surface area contributed by atoms with Crippen LogP contribution in [-0.2, 0) is 9.59 Å². The van der Waals surface area contributed by atoms with Crippen molar-refractivity contribution in [3.8, 4) is 0 Å². The fourth-order valence-corrected chi connectivity index (χ4v) is 3.44. The fraction of sp³-hybridized carbons (Fsp3) is 0.348. The number of carbonyl (C=O) groups excluding carboxylic acids is 3. The maximum atomic E-state index is 12.3. The molecule has 0 bridgehead atoms. The minimum Gasteiger partial charge on any atom is -0.348 e. The molecule has 6 heteroatoms. The van der Waals surface area contributed by atoms with E-state index >= 15 is 0 Å². The maximum absolute atomic E-state index is 12.3. The van der Waals surface area contributed by atoms with Gasteiger partial charge in [-0.2, -0.15) is 0 Å². The van der Waals surface area contributed by atoms with Crippen LogP contribution in [0.15, 0.2) is 48.5 Å². The smallest absolute Gasteiger partial charge is 0.251 e. The SMILES string of the molecule is CCC(NC(=O)CNC(=O)c1ccc(N2CCCC2=O)cc1)c1ccc(C)cc1. The first-order valence-electron chi connectivity index (χ1n) is 10.0. The topological polar surface area (TPSA) is 78.5 Å². The molecule has 1 fully saturated rings. The molecular formula is C23H27N3O3. The zero-order chi connectivity index (χ0) is 20.8. The van der Waals surface area contributed by atoms with E-state index in [0.29, 0.717) is 18.5 Å². The first kappa shape index (κ1) is 20.6. The van der Waals surface area contributed by atoms with Gasteiger partial charge in [-0.3, -0.25) is 14.4 Å². The van der Waals surface area contributed by atoms with Crippen molar-refractivity contribution in [1.82, 2.24) is 10.6 Å². The maximum Gasteiger partial charge on any atom is 0.251 e. The first-order chi connectivity index (χ1) is 14.0. The molecule has 1 unspecified atom stereocenters. The van der Waals surface area contributed by atoms with Gasteiger partial charge in [0.1, 0.15) is 0 Å². The van der Waals surface area contributed by atoms with E-state index in [0.717, 1.165) is 24.1 Å². The largest absolute Gasteiger partial charge is 0.348 e. The number of carbonyl (C=O) groups is 3. The Morgan fingerprint density at radius 3 is 2.34 bits per heavy atom. The fourth-order valence-electron chi connectivity index (χ4n) is 3.44. The lowest BCUT2D eigenvalue weighted by Gasteiger charge is -2.18. The van der Waals surface area contributed by atoms with Gasteiger partial charge < -0.3 is 15.5 Å². The Balaban J connectivity index is 1.52. The minimum absolute atomic E-state index is 0.0858. The van der Waals surface area contributed by atoms with Crippen LogP contribution in [0.1, 0.15) is 53.7 Å². The van der Waals surface area contributed by atoms with E-state index < -0.39 is 0 Å². The van der Waals surface area contributed by atoms with Crippen molar-refractivity contribution in [2.75, 3.05) is 18.0 Å². The Labute approximate surface area is 171 Å². The van der Waals surface area contributed by atoms with Gasteiger partial charge >= 0.3 is 0 Å². The van der Waals surface area contributed by atoms with Crippen LogP contribution in [0, 0.1) is 6.92 Å². The van der Waals surface area contributed by atoms with Crippen LogP contribution in [0.25, 0.3) is 0 Å². The van der Waals surface area contributed by atoms with Crippen LogP contribution < -0.4 is 15.5 Å². The number of nitrogens with zero attached hydrogens (tertiary/aromatic N) is 1. The molecule has 3 rings (SSSR count). The highest BCUT2D eigenvalue weighted by molar-refractivity contribution is 5.98. The standard InChI is InChI=1S/C23H27N3O3/c1-3-20(17-8-6-16(2)7-9-17)25-21(27)15-24-23(29)18-10-12-19(13-11-18)26-14-4-5-22(26)28/h6-13,20H,3-5,14-15H2,1-2H3,(H,24,29)(H,25,27). The average Bonchev–Trinajstić information content (AvgIpc) is 3.17. The molecule has 1 aliphatic heterocycles. The molecule has 2 N–H and O–H groups in total. The minimum atomic E-state index is -0.317. The Bertz CT molecular complexity index is 875. The number of anilines is 1. The number of amides is 3. The summed E-state index contributed by atoms with van der Waals surface area (Å²) < 4.78 is 0. The Morgan fingerprint density at radius 1 is 1.07 bits per heavy atom. The summed E-state index contributed by atoms with van der Waals surface area (Å²) >= 11 is 0. The van der Waals surface area contributed by atoms with E-state index in [4.69, 9.17) is 0 Å². The van der Waals surface area contributed by atoms with E-state index in [9.17, 15) is 14.4 Å². The van der Waals surface area contributed by atoms with E-state index in [1.54, 1.807) is 29.2 Å². The molecule has 0 saturated carbocycles. The second kappa shape index (κ2) is 9.37. The van der Waals surface area contributed by atoms with E-state index in [-0.39, 0.29) is 30.3 Å². The Morgan fingerprint density at radius 2 is 1.76 bits per heavy atom. The molecule has 29 heavy (non-hydrogen) atoms. The van der Waals surface area contributed by atoms with Gasteiger partial charge in [-0.05, 0) is 49.6 Å². The Hall–Kier alpha value is -3.15. The molecule has 0 aromatic heterocycles. The number of aryl methyl sites for hydroxylation is 1. The number of nitrogens with one attached hydrogen (secondary N) is 2. The lowest BCUT2D eigenvalue weighted by Crippen LogP contribution is -2.38. The van der Waals surface area contributed by atoms with Gasteiger partial charge in [-0.15, -0.1) is 0 Å². The predicted octanol–water partition coefficient (Wildman–Crippen LogP) is 3.12. The highest BCUT2D eigenvalue weighted by Crippen LogP contribution is 2.21. The number of hydrogen-bond acceptors (Lipinski definition) is 3. The predicted molar refractivity (Wildman–Crippen MR) is 113 cm³/mol. The Kier molecular flexibility index (Phi) is 6.65. The third-order valence-corrected chi connectivity index (χ3v) is 5.15. The van der Waals surface area contributed by atoms with Crippen molar-refractivity contribution in [2.24, 2.45) is 0 Å². The lowest BCUT2D eigenvalue weighted by atomic mass is 10.0. The van der Waals surface area contributed by atoms with E-state index in [1.165, 1.54) is 5.56 Å². The molecule has 152 valence electrons. The van der Waals surface area contributed by atoms with Crippen LogP contribution in [0.4, 0.5) is 5.69 Å². The highest BCUT2D eigenvalue weighted by Gasteiger charge is 2.21. The van der Waals surface area contributed by atoms with Crippen LogP contribution >= 0.6 is 0 Å². The van der Waals surface area contributed by atoms with Crippen LogP contribution in [-0.4, -0.2) is 30.8 Å². The molecule has 3 amide bonds. The second-order valence-electron chi connectivity index (χ2n) is 7.32. The van der Waals surface area contributed by atoms with Crippen molar-refractivity contribution in [2.45, 2.75) is 39.2 Å². The number of benzene rings is 2. The van der Waals surface area contributed by atoms with Crippen molar-refractivity contribution in [3.63, 3.8) is 0 Å². The van der Waals surface area contributed by atoms with Crippen molar-refractivity contribution < 1.29 is 14.4 Å². The van der Waals surface area contributed by atoms with Gasteiger partial charge in [0.2, 0.25) is 11.8 Å². The van der Waals surface area contributed by atoms with Crippen LogP contribution in [0.5, 0.6) is 0 Å². The average molecular weight is 393 g/mol. The third-order valence-electron chi connectivity index (χ3n) is 5.15. The van der Waals surface area contributed by atoms with Crippen molar-refractivity contribution in [1.29, 1.82) is 0 Å². The summed E-state index contributed by atoms with van der Waals surface area (Å²) in [4.78, 5) is 38.2. The molecular weight excluding hydrogens is 366 g/mol. The molecule has 1 aliphatic rings. The highest BCUT2D eigenvalue weighted by atomic mass is 16.2. The molecule has 2 aromatic carbocycles. The van der Waals surface area contributed by atoms with Gasteiger partial charge in [-0.25, -0.2) is 0 Å². The molecule has 6 nitrogen and oxygen atoms in total. The van der Waals surface area contributed by atoms with Gasteiger partial charge in [0.15, 0.2) is 0 Å². The van der Waals surface area contributed by atoms with Gasteiger partial charge in [-0.1, -0.05) is 36.8 Å². The lowest BCUT2D eigenvalue weighted by molar-refractivity contribution is -0.121. The number of hydrogen-bond donors (Lipinski definition) is 2. The molecule has 0 aliphatic carbocycles. The zero-order valence-corrected chi connectivity index (χ0v) is 16.9. The van der Waals surface area contributed by atoms with Gasteiger partial charge in [0.25, 0.3) is 5.91 Å². The summed E-state index contributed by atoms with van der Waals surface area (Å²) in [6.45, 7) is 4.65. The molecule has 1 atom stereocenters. The molecule has 2 aromatic rings. The monoisotopic (exact) mass is 393 g/mol. The third kappa shape index (κ3) is 5.22. The van der Waals surface area contributed by atoms with Crippen LogP contribution in [0.2, 0.25) is 0 Å². The molecule has 1 heterocycles.